The number of carbonyl (C=O) groups is 1. The molecule has 0 atom stereocenters. The number of nitrogens with one attached hydrogen (secondary N) is 1. The van der Waals surface area contributed by atoms with Crippen molar-refractivity contribution >= 4 is 28.1 Å². The first-order chi connectivity index (χ1) is 14.6. The summed E-state index contributed by atoms with van der Waals surface area (Å²) in [7, 11) is 4.90. The molecule has 0 aliphatic carbocycles. The van der Waals surface area contributed by atoms with Gasteiger partial charge in [0.05, 0.1) is 21.3 Å². The molecule has 8 heteroatoms. The van der Waals surface area contributed by atoms with Crippen molar-refractivity contribution in [1.29, 1.82) is 0 Å². The number of nitrogens with zero attached hydrogens (tertiary/aromatic N) is 2. The Morgan fingerprint density at radius 2 is 1.87 bits per heavy atom. The van der Waals surface area contributed by atoms with Crippen LogP contribution in [0.1, 0.15) is 21.6 Å². The fraction of sp³-hybridized carbons (Fsp3) is 0.273. The number of aromatic nitrogens is 1. The van der Waals surface area contributed by atoms with Gasteiger partial charge in [0.25, 0.3) is 5.91 Å². The van der Waals surface area contributed by atoms with Crippen molar-refractivity contribution in [3.63, 3.8) is 0 Å². The molecule has 1 aliphatic heterocycles. The number of fused-ring (bicyclic) bond motifs is 1. The van der Waals surface area contributed by atoms with Crippen molar-refractivity contribution in [2.45, 2.75) is 13.0 Å². The fourth-order valence-corrected chi connectivity index (χ4v) is 4.25. The van der Waals surface area contributed by atoms with Gasteiger partial charge in [0.1, 0.15) is 11.4 Å². The number of methoxy groups -OCH3 is 3. The first-order valence-corrected chi connectivity index (χ1v) is 10.4. The number of thiazole rings is 1. The quantitative estimate of drug-likeness (QED) is 0.641. The van der Waals surface area contributed by atoms with Gasteiger partial charge in [-0.05, 0) is 42.3 Å². The standard InChI is InChI=1S/C22H23N3O4S/c1-27-16-7-5-15(6-8-16)23-22-24-18(13-30-22)21(26)25-11-10-17-14(12-25)4-9-19(28-2)20(17)29-3/h4-9,13H,10-12H2,1-3H3,(H,23,24). The van der Waals surface area contributed by atoms with E-state index in [1.165, 1.54) is 11.3 Å². The van der Waals surface area contributed by atoms with Crippen molar-refractivity contribution in [3.05, 3.63) is 58.6 Å². The van der Waals surface area contributed by atoms with E-state index in [-0.39, 0.29) is 5.91 Å². The molecule has 0 bridgehead atoms. The summed E-state index contributed by atoms with van der Waals surface area (Å²) in [6, 6.07) is 11.4. The molecule has 0 saturated carbocycles. The summed E-state index contributed by atoms with van der Waals surface area (Å²) in [4.78, 5) is 19.3. The summed E-state index contributed by atoms with van der Waals surface area (Å²) < 4.78 is 16.1. The third-order valence-corrected chi connectivity index (χ3v) is 5.85. The van der Waals surface area contributed by atoms with E-state index in [1.807, 2.05) is 41.3 Å². The molecule has 7 nitrogen and oxygen atoms in total. The minimum absolute atomic E-state index is 0.0746. The second-order valence-electron chi connectivity index (χ2n) is 6.81. The van der Waals surface area contributed by atoms with Crippen molar-refractivity contribution in [2.75, 3.05) is 33.2 Å². The second kappa shape index (κ2) is 8.62. The lowest BCUT2D eigenvalue weighted by molar-refractivity contribution is 0.0728. The molecule has 1 amide bonds. The lowest BCUT2D eigenvalue weighted by Crippen LogP contribution is -2.36. The van der Waals surface area contributed by atoms with E-state index in [0.29, 0.717) is 36.1 Å². The molecule has 2 aromatic carbocycles. The molecule has 1 aromatic heterocycles. The second-order valence-corrected chi connectivity index (χ2v) is 7.66. The van der Waals surface area contributed by atoms with E-state index in [9.17, 15) is 4.79 Å². The van der Waals surface area contributed by atoms with Crippen molar-refractivity contribution in [3.8, 4) is 17.2 Å². The van der Waals surface area contributed by atoms with E-state index in [0.717, 1.165) is 28.3 Å². The highest BCUT2D eigenvalue weighted by molar-refractivity contribution is 7.14. The van der Waals surface area contributed by atoms with Crippen LogP contribution in [0.5, 0.6) is 17.2 Å². The zero-order valence-electron chi connectivity index (χ0n) is 17.1. The Hall–Kier alpha value is -3.26. The number of hydrogen-bond donors (Lipinski definition) is 1. The van der Waals surface area contributed by atoms with Crippen LogP contribution in [-0.4, -0.2) is 43.7 Å². The van der Waals surface area contributed by atoms with Gasteiger partial charge in [-0.2, -0.15) is 0 Å². The molecule has 0 spiro atoms. The summed E-state index contributed by atoms with van der Waals surface area (Å²) in [6.07, 6.45) is 0.711. The van der Waals surface area contributed by atoms with Gasteiger partial charge in [-0.25, -0.2) is 4.98 Å². The van der Waals surface area contributed by atoms with E-state index < -0.39 is 0 Å². The maximum atomic E-state index is 13.0. The third-order valence-electron chi connectivity index (χ3n) is 5.09. The van der Waals surface area contributed by atoms with Crippen molar-refractivity contribution < 1.29 is 19.0 Å². The van der Waals surface area contributed by atoms with Crippen molar-refractivity contribution in [1.82, 2.24) is 9.88 Å². The Balaban J connectivity index is 1.47. The molecule has 4 rings (SSSR count). The topological polar surface area (TPSA) is 72.9 Å². The van der Waals surface area contributed by atoms with Gasteiger partial charge in [0, 0.05) is 29.7 Å². The van der Waals surface area contributed by atoms with Gasteiger partial charge >= 0.3 is 0 Å². The molecular weight excluding hydrogens is 402 g/mol. The SMILES string of the molecule is COc1ccc(Nc2nc(C(=O)N3CCc4c(ccc(OC)c4OC)C3)cs2)cc1. The first kappa shape index (κ1) is 20.0. The number of anilines is 2. The Labute approximate surface area is 179 Å². The average molecular weight is 426 g/mol. The molecule has 0 fully saturated rings. The molecule has 156 valence electrons. The summed E-state index contributed by atoms with van der Waals surface area (Å²) in [5, 5.41) is 5.69. The Kier molecular flexibility index (Phi) is 5.76. The molecule has 2 heterocycles. The highest BCUT2D eigenvalue weighted by Gasteiger charge is 2.26. The van der Waals surface area contributed by atoms with Gasteiger partial charge < -0.3 is 24.4 Å². The van der Waals surface area contributed by atoms with Gasteiger partial charge in [-0.15, -0.1) is 11.3 Å². The fourth-order valence-electron chi connectivity index (χ4n) is 3.55. The minimum Gasteiger partial charge on any atom is -0.497 e. The van der Waals surface area contributed by atoms with E-state index in [1.54, 1.807) is 26.7 Å². The normalized spacial score (nSPS) is 12.8. The number of benzene rings is 2. The van der Waals surface area contributed by atoms with E-state index in [4.69, 9.17) is 14.2 Å². The first-order valence-electron chi connectivity index (χ1n) is 9.51. The van der Waals surface area contributed by atoms with Crippen LogP contribution in [0.4, 0.5) is 10.8 Å². The summed E-state index contributed by atoms with van der Waals surface area (Å²) in [5.74, 6) is 2.18. The van der Waals surface area contributed by atoms with Gasteiger partial charge in [-0.3, -0.25) is 4.79 Å². The molecule has 30 heavy (non-hydrogen) atoms. The summed E-state index contributed by atoms with van der Waals surface area (Å²) in [5.41, 5.74) is 3.50. The maximum absolute atomic E-state index is 13.0. The third kappa shape index (κ3) is 3.91. The molecule has 0 unspecified atom stereocenters. The predicted octanol–water partition coefficient (Wildman–Crippen LogP) is 4.11. The molecule has 0 saturated heterocycles. The summed E-state index contributed by atoms with van der Waals surface area (Å²) >= 11 is 1.41. The molecule has 3 aromatic rings. The maximum Gasteiger partial charge on any atom is 0.273 e. The molecule has 1 N–H and O–H groups in total. The number of ether oxygens (including phenoxy) is 3. The van der Waals surface area contributed by atoms with E-state index >= 15 is 0 Å². The molecule has 0 radical (unpaired) electrons. The number of rotatable bonds is 6. The number of carbonyl (C=O) groups excluding carboxylic acids is 1. The van der Waals surface area contributed by atoms with Crippen LogP contribution < -0.4 is 19.5 Å². The van der Waals surface area contributed by atoms with Crippen LogP contribution in [0.3, 0.4) is 0 Å². The van der Waals surface area contributed by atoms with Gasteiger partial charge in [0.2, 0.25) is 0 Å². The van der Waals surface area contributed by atoms with Crippen LogP contribution in [0, 0.1) is 0 Å². The highest BCUT2D eigenvalue weighted by Crippen LogP contribution is 2.36. The Bertz CT molecular complexity index is 1050. The minimum atomic E-state index is -0.0746. The Morgan fingerprint density at radius 3 is 2.57 bits per heavy atom. The Morgan fingerprint density at radius 1 is 1.07 bits per heavy atom. The molecular formula is C22H23N3O4S. The van der Waals surface area contributed by atoms with Crippen LogP contribution in [-0.2, 0) is 13.0 Å². The van der Waals surface area contributed by atoms with Crippen LogP contribution in [0.15, 0.2) is 41.8 Å². The lowest BCUT2D eigenvalue weighted by atomic mass is 9.98. The lowest BCUT2D eigenvalue weighted by Gasteiger charge is -2.29. The summed E-state index contributed by atoms with van der Waals surface area (Å²) in [6.45, 7) is 1.13. The highest BCUT2D eigenvalue weighted by atomic mass is 32.1. The van der Waals surface area contributed by atoms with Crippen LogP contribution >= 0.6 is 11.3 Å². The number of amides is 1. The predicted molar refractivity (Wildman–Crippen MR) is 116 cm³/mol. The smallest absolute Gasteiger partial charge is 0.273 e. The van der Waals surface area contributed by atoms with E-state index in [2.05, 4.69) is 10.3 Å². The zero-order chi connectivity index (χ0) is 21.1. The number of hydrogen-bond acceptors (Lipinski definition) is 7. The molecule has 1 aliphatic rings. The van der Waals surface area contributed by atoms with Crippen molar-refractivity contribution in [2.24, 2.45) is 0 Å². The zero-order valence-corrected chi connectivity index (χ0v) is 17.9. The van der Waals surface area contributed by atoms with Gasteiger partial charge in [-0.1, -0.05) is 6.07 Å². The van der Waals surface area contributed by atoms with Gasteiger partial charge in [0.15, 0.2) is 16.6 Å². The van der Waals surface area contributed by atoms with Crippen LogP contribution in [0.25, 0.3) is 0 Å². The largest absolute Gasteiger partial charge is 0.497 e. The average Bonchev–Trinajstić information content (AvgIpc) is 3.26. The monoisotopic (exact) mass is 425 g/mol. The van der Waals surface area contributed by atoms with Crippen LogP contribution in [0.2, 0.25) is 0 Å².